The Bertz CT molecular complexity index is 714. The van der Waals surface area contributed by atoms with Gasteiger partial charge in [-0.25, -0.2) is 9.78 Å². The van der Waals surface area contributed by atoms with Gasteiger partial charge in [-0.2, -0.15) is 0 Å². The molecule has 1 N–H and O–H groups in total. The van der Waals surface area contributed by atoms with Gasteiger partial charge in [0.15, 0.2) is 0 Å². The SMILES string of the molecule is Cc1nc2cccc(C(=O)O)c2n1CC(=O)N1CCCC1. The molecule has 6 heteroatoms. The van der Waals surface area contributed by atoms with Crippen molar-refractivity contribution in [3.05, 3.63) is 29.6 Å². The Labute approximate surface area is 122 Å². The first-order chi connectivity index (χ1) is 10.1. The van der Waals surface area contributed by atoms with Crippen LogP contribution in [-0.2, 0) is 11.3 Å². The van der Waals surface area contributed by atoms with Crippen LogP contribution in [0.25, 0.3) is 11.0 Å². The molecule has 6 nitrogen and oxygen atoms in total. The number of fused-ring (bicyclic) bond motifs is 1. The van der Waals surface area contributed by atoms with Crippen molar-refractivity contribution in [1.82, 2.24) is 14.5 Å². The van der Waals surface area contributed by atoms with Crippen molar-refractivity contribution in [1.29, 1.82) is 0 Å². The Kier molecular flexibility index (Phi) is 3.37. The van der Waals surface area contributed by atoms with E-state index in [1.807, 2.05) is 4.90 Å². The van der Waals surface area contributed by atoms with Crippen molar-refractivity contribution in [2.45, 2.75) is 26.3 Å². The Balaban J connectivity index is 2.03. The molecule has 0 radical (unpaired) electrons. The van der Waals surface area contributed by atoms with Crippen molar-refractivity contribution in [3.63, 3.8) is 0 Å². The van der Waals surface area contributed by atoms with Crippen LogP contribution in [-0.4, -0.2) is 44.5 Å². The highest BCUT2D eigenvalue weighted by Gasteiger charge is 2.22. The summed E-state index contributed by atoms with van der Waals surface area (Å²) in [5.41, 5.74) is 1.32. The lowest BCUT2D eigenvalue weighted by atomic mass is 10.2. The number of nitrogens with zero attached hydrogens (tertiary/aromatic N) is 3. The molecule has 1 fully saturated rings. The van der Waals surface area contributed by atoms with Gasteiger partial charge in [-0.15, -0.1) is 0 Å². The van der Waals surface area contributed by atoms with E-state index in [9.17, 15) is 14.7 Å². The number of carbonyl (C=O) groups excluding carboxylic acids is 1. The van der Waals surface area contributed by atoms with Crippen molar-refractivity contribution >= 4 is 22.9 Å². The van der Waals surface area contributed by atoms with Crippen LogP contribution < -0.4 is 0 Å². The molecule has 1 aliphatic heterocycles. The third-order valence-electron chi connectivity index (χ3n) is 3.94. The largest absolute Gasteiger partial charge is 0.478 e. The number of aromatic carboxylic acids is 1. The molecule has 2 heterocycles. The summed E-state index contributed by atoms with van der Waals surface area (Å²) in [5, 5.41) is 9.33. The molecular weight excluding hydrogens is 270 g/mol. The van der Waals surface area contributed by atoms with E-state index in [0.29, 0.717) is 16.9 Å². The van der Waals surface area contributed by atoms with Crippen molar-refractivity contribution in [2.75, 3.05) is 13.1 Å². The molecule has 1 amide bonds. The molecule has 1 aliphatic rings. The van der Waals surface area contributed by atoms with E-state index in [4.69, 9.17) is 0 Å². The molecule has 1 aromatic carbocycles. The van der Waals surface area contributed by atoms with Crippen LogP contribution in [0.2, 0.25) is 0 Å². The molecule has 0 aliphatic carbocycles. The average Bonchev–Trinajstić information content (AvgIpc) is 3.07. The van der Waals surface area contributed by atoms with Gasteiger partial charge in [0.2, 0.25) is 5.91 Å². The van der Waals surface area contributed by atoms with Gasteiger partial charge in [-0.1, -0.05) is 6.07 Å². The predicted molar refractivity (Wildman–Crippen MR) is 77.2 cm³/mol. The van der Waals surface area contributed by atoms with E-state index in [2.05, 4.69) is 4.98 Å². The molecule has 2 aromatic rings. The van der Waals surface area contributed by atoms with Crippen LogP contribution >= 0.6 is 0 Å². The van der Waals surface area contributed by atoms with Crippen LogP contribution in [0, 0.1) is 6.92 Å². The maximum absolute atomic E-state index is 12.3. The summed E-state index contributed by atoms with van der Waals surface area (Å²) in [7, 11) is 0. The number of carbonyl (C=O) groups is 2. The van der Waals surface area contributed by atoms with E-state index in [1.165, 1.54) is 0 Å². The van der Waals surface area contributed by atoms with Crippen LogP contribution in [0.5, 0.6) is 0 Å². The number of aromatic nitrogens is 2. The third kappa shape index (κ3) is 2.37. The number of hydrogen-bond acceptors (Lipinski definition) is 3. The maximum Gasteiger partial charge on any atom is 0.337 e. The van der Waals surface area contributed by atoms with Gasteiger partial charge in [0.1, 0.15) is 12.4 Å². The minimum Gasteiger partial charge on any atom is -0.478 e. The molecule has 3 rings (SSSR count). The first kappa shape index (κ1) is 13.6. The minimum atomic E-state index is -1.00. The lowest BCUT2D eigenvalue weighted by molar-refractivity contribution is -0.130. The van der Waals surface area contributed by atoms with E-state index >= 15 is 0 Å². The standard InChI is InChI=1S/C15H17N3O3/c1-10-16-12-6-4-5-11(15(20)21)14(12)18(10)9-13(19)17-7-2-3-8-17/h4-6H,2-3,7-9H2,1H3,(H,20,21). The summed E-state index contributed by atoms with van der Waals surface area (Å²) in [6, 6.07) is 4.99. The Hall–Kier alpha value is -2.37. The van der Waals surface area contributed by atoms with E-state index in [-0.39, 0.29) is 18.0 Å². The summed E-state index contributed by atoms with van der Waals surface area (Å²) in [5.74, 6) is -0.322. The number of aryl methyl sites for hydroxylation is 1. The van der Waals surface area contributed by atoms with Gasteiger partial charge >= 0.3 is 5.97 Å². The fraction of sp³-hybridized carbons (Fsp3) is 0.400. The summed E-state index contributed by atoms with van der Waals surface area (Å²) < 4.78 is 1.71. The number of carboxylic acid groups (broad SMARTS) is 1. The van der Waals surface area contributed by atoms with Gasteiger partial charge in [0, 0.05) is 13.1 Å². The molecule has 0 spiro atoms. The summed E-state index contributed by atoms with van der Waals surface area (Å²) in [6.45, 7) is 3.52. The minimum absolute atomic E-state index is 0.0232. The Morgan fingerprint density at radius 3 is 2.67 bits per heavy atom. The van der Waals surface area contributed by atoms with Crippen LogP contribution in [0.15, 0.2) is 18.2 Å². The molecule has 0 atom stereocenters. The Morgan fingerprint density at radius 2 is 2.00 bits per heavy atom. The lowest BCUT2D eigenvalue weighted by Gasteiger charge is -2.16. The average molecular weight is 287 g/mol. The van der Waals surface area contributed by atoms with Crippen molar-refractivity contribution in [2.24, 2.45) is 0 Å². The smallest absolute Gasteiger partial charge is 0.337 e. The molecule has 0 bridgehead atoms. The molecule has 0 saturated carbocycles. The first-order valence-corrected chi connectivity index (χ1v) is 7.05. The van der Waals surface area contributed by atoms with Crippen LogP contribution in [0.3, 0.4) is 0 Å². The Morgan fingerprint density at radius 1 is 1.29 bits per heavy atom. The third-order valence-corrected chi connectivity index (χ3v) is 3.94. The second-order valence-corrected chi connectivity index (χ2v) is 5.31. The number of para-hydroxylation sites is 1. The zero-order valence-corrected chi connectivity index (χ0v) is 11.9. The number of amides is 1. The van der Waals surface area contributed by atoms with Gasteiger partial charge in [-0.05, 0) is 31.9 Å². The van der Waals surface area contributed by atoms with Crippen molar-refractivity contribution in [3.8, 4) is 0 Å². The van der Waals surface area contributed by atoms with Gasteiger partial charge < -0.3 is 14.6 Å². The van der Waals surface area contributed by atoms with Crippen LogP contribution in [0.1, 0.15) is 29.0 Å². The van der Waals surface area contributed by atoms with Gasteiger partial charge in [0.25, 0.3) is 0 Å². The van der Waals surface area contributed by atoms with E-state index in [0.717, 1.165) is 25.9 Å². The fourth-order valence-corrected chi connectivity index (χ4v) is 2.87. The number of rotatable bonds is 3. The monoisotopic (exact) mass is 287 g/mol. The number of hydrogen-bond donors (Lipinski definition) is 1. The van der Waals surface area contributed by atoms with Crippen molar-refractivity contribution < 1.29 is 14.7 Å². The second kappa shape index (κ2) is 5.20. The highest BCUT2D eigenvalue weighted by Crippen LogP contribution is 2.21. The topological polar surface area (TPSA) is 75.4 Å². The normalized spacial score (nSPS) is 14.8. The summed E-state index contributed by atoms with van der Waals surface area (Å²) in [4.78, 5) is 29.9. The highest BCUT2D eigenvalue weighted by atomic mass is 16.4. The molecule has 110 valence electrons. The maximum atomic E-state index is 12.3. The van der Waals surface area contributed by atoms with E-state index < -0.39 is 5.97 Å². The fourth-order valence-electron chi connectivity index (χ4n) is 2.87. The number of benzene rings is 1. The molecule has 21 heavy (non-hydrogen) atoms. The van der Waals surface area contributed by atoms with Gasteiger partial charge in [0.05, 0.1) is 16.6 Å². The van der Waals surface area contributed by atoms with Gasteiger partial charge in [-0.3, -0.25) is 4.79 Å². The molecule has 1 aromatic heterocycles. The molecule has 1 saturated heterocycles. The summed E-state index contributed by atoms with van der Waals surface area (Å²) >= 11 is 0. The zero-order chi connectivity index (χ0) is 15.0. The first-order valence-electron chi connectivity index (χ1n) is 7.05. The van der Waals surface area contributed by atoms with E-state index in [1.54, 1.807) is 29.7 Å². The lowest BCUT2D eigenvalue weighted by Crippen LogP contribution is -2.31. The second-order valence-electron chi connectivity index (χ2n) is 5.31. The number of likely N-dealkylation sites (tertiary alicyclic amines) is 1. The zero-order valence-electron chi connectivity index (χ0n) is 11.9. The quantitative estimate of drug-likeness (QED) is 0.931. The summed E-state index contributed by atoms with van der Waals surface area (Å²) in [6.07, 6.45) is 2.07. The number of imidazole rings is 1. The van der Waals surface area contributed by atoms with Crippen LogP contribution in [0.4, 0.5) is 0 Å². The number of carboxylic acids is 1. The molecular formula is C15H17N3O3. The predicted octanol–water partition coefficient (Wildman–Crippen LogP) is 1.67. The molecule has 0 unspecified atom stereocenters. The highest BCUT2D eigenvalue weighted by molar-refractivity contribution is 6.01.